The number of carbonyl (C=O) groups excluding carboxylic acids is 1. The van der Waals surface area contributed by atoms with Gasteiger partial charge in [-0.05, 0) is 37.8 Å². The molecule has 1 saturated heterocycles. The molecule has 0 saturated carbocycles. The summed E-state index contributed by atoms with van der Waals surface area (Å²) in [5.41, 5.74) is 0. The summed E-state index contributed by atoms with van der Waals surface area (Å²) in [4.78, 5) is 14.4. The van der Waals surface area contributed by atoms with Gasteiger partial charge in [0.1, 0.15) is 0 Å². The van der Waals surface area contributed by atoms with Gasteiger partial charge in [0.25, 0.3) is 0 Å². The van der Waals surface area contributed by atoms with Gasteiger partial charge >= 0.3 is 0 Å². The van der Waals surface area contributed by atoms with Crippen LogP contribution in [0.2, 0.25) is 0 Å². The van der Waals surface area contributed by atoms with E-state index >= 15 is 0 Å². The molecule has 0 aromatic rings. The zero-order valence-electron chi connectivity index (χ0n) is 11.8. The zero-order valence-corrected chi connectivity index (χ0v) is 11.8. The average Bonchev–Trinajstić information content (AvgIpc) is 2.26. The van der Waals surface area contributed by atoms with Crippen LogP contribution in [0.4, 0.5) is 0 Å². The van der Waals surface area contributed by atoms with Crippen molar-refractivity contribution in [1.29, 1.82) is 0 Å². The molecule has 1 aliphatic heterocycles. The van der Waals surface area contributed by atoms with Crippen molar-refractivity contribution in [3.8, 4) is 0 Å². The van der Waals surface area contributed by atoms with Gasteiger partial charge < -0.3 is 10.2 Å². The second-order valence-corrected chi connectivity index (χ2v) is 6.11. The van der Waals surface area contributed by atoms with E-state index in [1.165, 1.54) is 6.54 Å². The minimum Gasteiger partial charge on any atom is -0.356 e. The molecule has 0 atom stereocenters. The number of amides is 1. The first-order chi connectivity index (χ1) is 7.99. The molecule has 3 nitrogen and oxygen atoms in total. The van der Waals surface area contributed by atoms with Crippen molar-refractivity contribution in [1.82, 2.24) is 10.2 Å². The molecule has 1 N–H and O–H groups in total. The molecule has 0 radical (unpaired) electrons. The van der Waals surface area contributed by atoms with Gasteiger partial charge in [-0.2, -0.15) is 0 Å². The smallest absolute Gasteiger partial charge is 0.223 e. The molecule has 0 spiro atoms. The first-order valence-electron chi connectivity index (χ1n) is 6.99. The van der Waals surface area contributed by atoms with Crippen molar-refractivity contribution in [2.75, 3.05) is 26.2 Å². The van der Waals surface area contributed by atoms with Crippen LogP contribution in [0.15, 0.2) is 0 Å². The van der Waals surface area contributed by atoms with Crippen LogP contribution in [-0.2, 0) is 4.79 Å². The largest absolute Gasteiger partial charge is 0.356 e. The molecule has 100 valence electrons. The number of likely N-dealkylation sites (tertiary alicyclic amines) is 1. The fourth-order valence-electron chi connectivity index (χ4n) is 2.34. The van der Waals surface area contributed by atoms with E-state index < -0.39 is 0 Å². The lowest BCUT2D eigenvalue weighted by Gasteiger charge is -2.32. The summed E-state index contributed by atoms with van der Waals surface area (Å²) in [6, 6.07) is 0. The highest BCUT2D eigenvalue weighted by Crippen LogP contribution is 2.18. The maximum atomic E-state index is 11.9. The fourth-order valence-corrected chi connectivity index (χ4v) is 2.34. The lowest BCUT2D eigenvalue weighted by atomic mass is 9.95. The SMILES string of the molecule is CC(C)CNC(=O)C1CCN(CC(C)C)CC1. The standard InChI is InChI=1S/C14H28N2O/c1-11(2)9-15-14(17)13-5-7-16(8-6-13)10-12(3)4/h11-13H,5-10H2,1-4H3,(H,15,17). The van der Waals surface area contributed by atoms with Gasteiger partial charge in [-0.15, -0.1) is 0 Å². The van der Waals surface area contributed by atoms with Gasteiger partial charge in [-0.25, -0.2) is 0 Å². The summed E-state index contributed by atoms with van der Waals surface area (Å²) in [7, 11) is 0. The van der Waals surface area contributed by atoms with Crippen LogP contribution in [0, 0.1) is 17.8 Å². The Kier molecular flexibility index (Phi) is 5.96. The molecule has 17 heavy (non-hydrogen) atoms. The lowest BCUT2D eigenvalue weighted by molar-refractivity contribution is -0.126. The van der Waals surface area contributed by atoms with E-state index in [0.717, 1.165) is 38.4 Å². The molecule has 1 aliphatic rings. The third-order valence-corrected chi connectivity index (χ3v) is 3.27. The van der Waals surface area contributed by atoms with Crippen molar-refractivity contribution in [2.24, 2.45) is 17.8 Å². The van der Waals surface area contributed by atoms with E-state index in [9.17, 15) is 4.79 Å². The maximum absolute atomic E-state index is 11.9. The molecule has 1 amide bonds. The van der Waals surface area contributed by atoms with Gasteiger partial charge in [0, 0.05) is 19.0 Å². The lowest BCUT2D eigenvalue weighted by Crippen LogP contribution is -2.42. The highest BCUT2D eigenvalue weighted by atomic mass is 16.1. The summed E-state index contributed by atoms with van der Waals surface area (Å²) in [5, 5.41) is 3.05. The summed E-state index contributed by atoms with van der Waals surface area (Å²) in [6.45, 7) is 12.9. The Labute approximate surface area is 106 Å². The second-order valence-electron chi connectivity index (χ2n) is 6.11. The van der Waals surface area contributed by atoms with E-state index in [1.807, 2.05) is 0 Å². The van der Waals surface area contributed by atoms with Gasteiger partial charge in [-0.3, -0.25) is 4.79 Å². The first kappa shape index (κ1) is 14.5. The predicted octanol–water partition coefficient (Wildman–Crippen LogP) is 2.13. The maximum Gasteiger partial charge on any atom is 0.223 e. The summed E-state index contributed by atoms with van der Waals surface area (Å²) in [5.74, 6) is 1.78. The highest BCUT2D eigenvalue weighted by molar-refractivity contribution is 5.78. The van der Waals surface area contributed by atoms with Crippen LogP contribution in [-0.4, -0.2) is 37.0 Å². The summed E-state index contributed by atoms with van der Waals surface area (Å²) < 4.78 is 0. The number of rotatable bonds is 5. The van der Waals surface area contributed by atoms with Crippen molar-refractivity contribution < 1.29 is 4.79 Å². The Balaban J connectivity index is 2.24. The van der Waals surface area contributed by atoms with Crippen molar-refractivity contribution >= 4 is 5.91 Å². The normalized spacial score (nSPS) is 18.9. The van der Waals surface area contributed by atoms with Gasteiger partial charge in [0.05, 0.1) is 0 Å². The van der Waals surface area contributed by atoms with Crippen molar-refractivity contribution in [2.45, 2.75) is 40.5 Å². The third-order valence-electron chi connectivity index (χ3n) is 3.27. The molecule has 0 bridgehead atoms. The Bertz CT molecular complexity index is 230. The molecule has 0 unspecified atom stereocenters. The van der Waals surface area contributed by atoms with Crippen LogP contribution in [0.25, 0.3) is 0 Å². The summed E-state index contributed by atoms with van der Waals surface area (Å²) >= 11 is 0. The average molecular weight is 240 g/mol. The quantitative estimate of drug-likeness (QED) is 0.798. The first-order valence-corrected chi connectivity index (χ1v) is 6.99. The van der Waals surface area contributed by atoms with Crippen LogP contribution in [0.1, 0.15) is 40.5 Å². The predicted molar refractivity (Wildman–Crippen MR) is 71.8 cm³/mol. The molecular weight excluding hydrogens is 212 g/mol. The van der Waals surface area contributed by atoms with Gasteiger partial charge in [0.2, 0.25) is 5.91 Å². The molecule has 1 heterocycles. The number of piperidine rings is 1. The van der Waals surface area contributed by atoms with E-state index in [1.54, 1.807) is 0 Å². The van der Waals surface area contributed by atoms with Crippen LogP contribution in [0.5, 0.6) is 0 Å². The second kappa shape index (κ2) is 7.00. The molecular formula is C14H28N2O. The highest BCUT2D eigenvalue weighted by Gasteiger charge is 2.24. The van der Waals surface area contributed by atoms with Crippen molar-refractivity contribution in [3.63, 3.8) is 0 Å². The monoisotopic (exact) mass is 240 g/mol. The Morgan fingerprint density at radius 1 is 1.18 bits per heavy atom. The topological polar surface area (TPSA) is 32.3 Å². The molecule has 1 rings (SSSR count). The molecule has 1 fully saturated rings. The van der Waals surface area contributed by atoms with E-state index in [4.69, 9.17) is 0 Å². The van der Waals surface area contributed by atoms with Gasteiger partial charge in [-0.1, -0.05) is 27.7 Å². The number of nitrogens with one attached hydrogen (secondary N) is 1. The molecule has 0 aromatic heterocycles. The van der Waals surface area contributed by atoms with Crippen LogP contribution >= 0.6 is 0 Å². The Hall–Kier alpha value is -0.570. The van der Waals surface area contributed by atoms with Crippen LogP contribution < -0.4 is 5.32 Å². The number of carbonyl (C=O) groups is 1. The minimum atomic E-state index is 0.247. The number of hydrogen-bond donors (Lipinski definition) is 1. The van der Waals surface area contributed by atoms with E-state index in [2.05, 4.69) is 37.9 Å². The number of hydrogen-bond acceptors (Lipinski definition) is 2. The minimum absolute atomic E-state index is 0.247. The Morgan fingerprint density at radius 2 is 1.76 bits per heavy atom. The fraction of sp³-hybridized carbons (Fsp3) is 0.929. The molecule has 0 aromatic carbocycles. The third kappa shape index (κ3) is 5.53. The van der Waals surface area contributed by atoms with Crippen LogP contribution in [0.3, 0.4) is 0 Å². The van der Waals surface area contributed by atoms with E-state index in [-0.39, 0.29) is 11.8 Å². The number of nitrogens with zero attached hydrogens (tertiary/aromatic N) is 1. The van der Waals surface area contributed by atoms with Crippen molar-refractivity contribution in [3.05, 3.63) is 0 Å². The Morgan fingerprint density at radius 3 is 2.24 bits per heavy atom. The summed E-state index contributed by atoms with van der Waals surface area (Å²) in [6.07, 6.45) is 2.05. The zero-order chi connectivity index (χ0) is 12.8. The van der Waals surface area contributed by atoms with E-state index in [0.29, 0.717) is 5.92 Å². The molecule has 0 aliphatic carbocycles. The van der Waals surface area contributed by atoms with Gasteiger partial charge in [0.15, 0.2) is 0 Å². The molecule has 3 heteroatoms.